The van der Waals surface area contributed by atoms with Gasteiger partial charge in [0.05, 0.1) is 22.8 Å². The summed E-state index contributed by atoms with van der Waals surface area (Å²) in [5, 5.41) is 0. The zero-order valence-corrected chi connectivity index (χ0v) is 13.7. The molecule has 0 amide bonds. The van der Waals surface area contributed by atoms with Gasteiger partial charge < -0.3 is 9.47 Å². The molecule has 0 fully saturated rings. The van der Waals surface area contributed by atoms with E-state index in [1.54, 1.807) is 51.1 Å². The summed E-state index contributed by atoms with van der Waals surface area (Å²) in [5.74, 6) is -0.484. The zero-order valence-electron chi connectivity index (χ0n) is 12.9. The number of hydrogen-bond acceptors (Lipinski definition) is 5. The van der Waals surface area contributed by atoms with Crippen molar-refractivity contribution in [3.8, 4) is 0 Å². The highest BCUT2D eigenvalue weighted by atomic mass is 32.2. The quantitative estimate of drug-likeness (QED) is 0.778. The molecule has 0 bridgehead atoms. The molecule has 120 valence electrons. The molecule has 1 aromatic rings. The molecule has 22 heavy (non-hydrogen) atoms. The summed E-state index contributed by atoms with van der Waals surface area (Å²) in [7, 11) is -3.47. The van der Waals surface area contributed by atoms with E-state index in [1.165, 1.54) is 0 Å². The first-order valence-corrected chi connectivity index (χ1v) is 8.84. The van der Waals surface area contributed by atoms with E-state index < -0.39 is 21.9 Å². The van der Waals surface area contributed by atoms with Crippen LogP contribution in [0.5, 0.6) is 0 Å². The van der Waals surface area contributed by atoms with Crippen molar-refractivity contribution < 1.29 is 22.7 Å². The Bertz CT molecular complexity index is 676. The molecule has 2 atom stereocenters. The molecule has 0 N–H and O–H groups in total. The van der Waals surface area contributed by atoms with Crippen molar-refractivity contribution in [3.05, 3.63) is 41.7 Å². The number of ether oxygens (including phenoxy) is 2. The molecular weight excluding hydrogens is 304 g/mol. The fraction of sp³-hybridized carbons (Fsp3) is 0.438. The maximum Gasteiger partial charge on any atom is 0.337 e. The third-order valence-corrected chi connectivity index (χ3v) is 5.46. The van der Waals surface area contributed by atoms with Gasteiger partial charge in [-0.3, -0.25) is 0 Å². The molecule has 2 unspecified atom stereocenters. The van der Waals surface area contributed by atoms with Crippen LogP contribution >= 0.6 is 0 Å². The second-order valence-corrected chi connectivity index (χ2v) is 7.26. The summed E-state index contributed by atoms with van der Waals surface area (Å²) in [4.78, 5) is 12.2. The average Bonchev–Trinajstić information content (AvgIpc) is 2.74. The van der Waals surface area contributed by atoms with Gasteiger partial charge in [-0.25, -0.2) is 13.2 Å². The number of carbonyl (C=O) groups is 1. The van der Waals surface area contributed by atoms with Crippen LogP contribution in [0.3, 0.4) is 0 Å². The Kier molecular flexibility index (Phi) is 4.90. The molecule has 0 radical (unpaired) electrons. The highest BCUT2D eigenvalue weighted by Crippen LogP contribution is 2.33. The maximum absolute atomic E-state index is 12.4. The molecule has 2 rings (SSSR count). The van der Waals surface area contributed by atoms with Gasteiger partial charge in [-0.05, 0) is 26.0 Å². The van der Waals surface area contributed by atoms with E-state index in [4.69, 9.17) is 9.47 Å². The number of esters is 1. The van der Waals surface area contributed by atoms with E-state index in [2.05, 4.69) is 0 Å². The lowest BCUT2D eigenvalue weighted by Crippen LogP contribution is -2.28. The van der Waals surface area contributed by atoms with Crippen LogP contribution in [0.25, 0.3) is 0 Å². The van der Waals surface area contributed by atoms with Gasteiger partial charge in [-0.15, -0.1) is 0 Å². The third-order valence-electron chi connectivity index (χ3n) is 3.70. The Labute approximate surface area is 130 Å². The number of benzene rings is 1. The lowest BCUT2D eigenvalue weighted by molar-refractivity contribution is -0.139. The second kappa shape index (κ2) is 6.52. The fourth-order valence-electron chi connectivity index (χ4n) is 2.56. The van der Waals surface area contributed by atoms with Crippen molar-refractivity contribution in [3.63, 3.8) is 0 Å². The normalized spacial score (nSPS) is 21.6. The van der Waals surface area contributed by atoms with Crippen LogP contribution in [-0.4, -0.2) is 32.9 Å². The zero-order chi connectivity index (χ0) is 16.3. The third kappa shape index (κ3) is 3.32. The molecule has 1 heterocycles. The first kappa shape index (κ1) is 16.5. The van der Waals surface area contributed by atoms with Crippen LogP contribution < -0.4 is 0 Å². The van der Waals surface area contributed by atoms with E-state index >= 15 is 0 Å². The van der Waals surface area contributed by atoms with Gasteiger partial charge in [-0.1, -0.05) is 25.1 Å². The van der Waals surface area contributed by atoms with E-state index in [1.807, 2.05) is 0 Å². The highest BCUT2D eigenvalue weighted by Gasteiger charge is 2.39. The molecule has 1 aromatic carbocycles. The molecule has 6 heteroatoms. The highest BCUT2D eigenvalue weighted by molar-refractivity contribution is 7.91. The first-order chi connectivity index (χ1) is 10.4. The lowest BCUT2D eigenvalue weighted by Gasteiger charge is -2.17. The van der Waals surface area contributed by atoms with Crippen molar-refractivity contribution in [2.75, 3.05) is 12.4 Å². The van der Waals surface area contributed by atoms with Gasteiger partial charge in [-0.2, -0.15) is 0 Å². The molecular formula is C16H20O5S. The molecule has 1 aliphatic rings. The average molecular weight is 324 g/mol. The van der Waals surface area contributed by atoms with Crippen LogP contribution in [0.4, 0.5) is 0 Å². The number of hydrogen-bond donors (Lipinski definition) is 0. The Hall–Kier alpha value is -1.82. The van der Waals surface area contributed by atoms with Crippen molar-refractivity contribution in [2.45, 2.75) is 31.8 Å². The van der Waals surface area contributed by atoms with Crippen molar-refractivity contribution in [2.24, 2.45) is 5.92 Å². The largest absolute Gasteiger partial charge is 0.493 e. The smallest absolute Gasteiger partial charge is 0.337 e. The van der Waals surface area contributed by atoms with Crippen LogP contribution in [0.2, 0.25) is 0 Å². The monoisotopic (exact) mass is 324 g/mol. The minimum atomic E-state index is -3.47. The Morgan fingerprint density at radius 2 is 1.91 bits per heavy atom. The molecule has 0 aliphatic carbocycles. The minimum absolute atomic E-state index is 0.168. The SMILES string of the molecule is CCOC(=O)C1=C(C)OC(CS(=O)(=O)c2ccccc2)C1C. The number of allylic oxidation sites excluding steroid dienone is 1. The summed E-state index contributed by atoms with van der Waals surface area (Å²) >= 11 is 0. The summed E-state index contributed by atoms with van der Waals surface area (Å²) < 4.78 is 35.5. The standard InChI is InChI=1S/C16H20O5S/c1-4-20-16(17)15-11(2)14(21-12(15)3)10-22(18,19)13-8-6-5-7-9-13/h5-9,11,14H,4,10H2,1-3H3. The molecule has 0 saturated carbocycles. The van der Waals surface area contributed by atoms with Gasteiger partial charge in [0.2, 0.25) is 0 Å². The van der Waals surface area contributed by atoms with Gasteiger partial charge in [0, 0.05) is 5.92 Å². The summed E-state index contributed by atoms with van der Waals surface area (Å²) in [5.41, 5.74) is 0.426. The predicted octanol–water partition coefficient (Wildman–Crippen LogP) is 2.33. The Morgan fingerprint density at radius 1 is 1.27 bits per heavy atom. The Morgan fingerprint density at radius 3 is 2.50 bits per heavy atom. The number of sulfone groups is 1. The van der Waals surface area contributed by atoms with Crippen molar-refractivity contribution >= 4 is 15.8 Å². The second-order valence-electron chi connectivity index (χ2n) is 5.23. The molecule has 0 spiro atoms. The van der Waals surface area contributed by atoms with E-state index in [0.29, 0.717) is 11.3 Å². The van der Waals surface area contributed by atoms with Crippen LogP contribution in [0.1, 0.15) is 20.8 Å². The van der Waals surface area contributed by atoms with E-state index in [0.717, 1.165) is 0 Å². The first-order valence-electron chi connectivity index (χ1n) is 7.19. The topological polar surface area (TPSA) is 69.7 Å². The number of rotatable bonds is 5. The lowest BCUT2D eigenvalue weighted by atomic mass is 9.98. The van der Waals surface area contributed by atoms with Gasteiger partial charge >= 0.3 is 5.97 Å². The summed E-state index contributed by atoms with van der Waals surface area (Å²) in [6.45, 7) is 5.45. The van der Waals surface area contributed by atoms with Crippen LogP contribution in [-0.2, 0) is 24.1 Å². The summed E-state index contributed by atoms with van der Waals surface area (Å²) in [6.07, 6.45) is -0.579. The fourth-order valence-corrected chi connectivity index (χ4v) is 4.11. The van der Waals surface area contributed by atoms with Crippen LogP contribution in [0, 0.1) is 5.92 Å². The van der Waals surface area contributed by atoms with Gasteiger partial charge in [0.1, 0.15) is 11.9 Å². The van der Waals surface area contributed by atoms with Gasteiger partial charge in [0.25, 0.3) is 0 Å². The van der Waals surface area contributed by atoms with Crippen molar-refractivity contribution in [1.82, 2.24) is 0 Å². The molecule has 5 nitrogen and oxygen atoms in total. The summed E-state index contributed by atoms with van der Waals surface area (Å²) in [6, 6.07) is 8.24. The molecule has 1 aliphatic heterocycles. The number of carbonyl (C=O) groups excluding carboxylic acids is 1. The molecule has 0 saturated heterocycles. The van der Waals surface area contributed by atoms with E-state index in [9.17, 15) is 13.2 Å². The maximum atomic E-state index is 12.4. The predicted molar refractivity (Wildman–Crippen MR) is 81.9 cm³/mol. The molecule has 0 aromatic heterocycles. The van der Waals surface area contributed by atoms with Gasteiger partial charge in [0.15, 0.2) is 9.84 Å². The Balaban J connectivity index is 2.15. The minimum Gasteiger partial charge on any atom is -0.493 e. The van der Waals surface area contributed by atoms with Crippen LogP contribution in [0.15, 0.2) is 46.6 Å². The van der Waals surface area contributed by atoms with Crippen molar-refractivity contribution in [1.29, 1.82) is 0 Å². The van der Waals surface area contributed by atoms with E-state index in [-0.39, 0.29) is 23.2 Å².